The topological polar surface area (TPSA) is 40.7 Å². The minimum atomic E-state index is 0. The van der Waals surface area contributed by atoms with Gasteiger partial charge < -0.3 is 10.2 Å². The molecular formula is C4H12O2. The van der Waals surface area contributed by atoms with E-state index in [9.17, 15) is 0 Å². The molecule has 0 aliphatic carbocycles. The second-order valence-corrected chi connectivity index (χ2v) is 0.781. The molecule has 0 radical (unpaired) electrons. The van der Waals surface area contributed by atoms with Crippen molar-refractivity contribution in [1.82, 2.24) is 0 Å². The highest BCUT2D eigenvalue weighted by atomic mass is 120. The fraction of sp³-hybridized carbons (Fsp3) is 1.00. The van der Waals surface area contributed by atoms with E-state index < -0.39 is 0 Å². The molecule has 2 heteroatoms. The van der Waals surface area contributed by atoms with Crippen molar-refractivity contribution in [3.8, 4) is 0 Å². The molecule has 0 aromatic heterocycles. The van der Waals surface area contributed by atoms with Crippen LogP contribution < -0.4 is 0 Å². The van der Waals surface area contributed by atoms with Gasteiger partial charge in [0, 0.05) is 13.2 Å². The molecule has 0 unspecified atom stereocenters. The van der Waals surface area contributed by atoms with Gasteiger partial charge in [0.05, 0.1) is 0 Å². The quantitative estimate of drug-likeness (QED) is 0.622. The Morgan fingerprint density at radius 1 is 1.17 bits per heavy atom. The molecule has 0 amide bonds. The third-order valence-corrected chi connectivity index (χ3v) is 0.408. The maximum Gasteiger partial charge on any atom is 0.0437 e. The first-order valence-corrected chi connectivity index (χ1v) is 1.99. The average Bonchev–Trinajstić information content (AvgIpc) is 1.41. The van der Waals surface area contributed by atoms with E-state index >= 15 is 0 Å². The number of hydrogen-bond acceptors (Lipinski definition) is 1. The van der Waals surface area contributed by atoms with Crippen LogP contribution in [0.25, 0.3) is 0 Å². The maximum absolute atomic E-state index is 4.83. The van der Waals surface area contributed by atoms with E-state index in [2.05, 4.69) is 0 Å². The maximum atomic E-state index is 4.83. The minimum absolute atomic E-state index is 0. The van der Waals surface area contributed by atoms with E-state index in [0.29, 0.717) is 0 Å². The Bertz CT molecular complexity index is 13.0. The van der Waals surface area contributed by atoms with Crippen molar-refractivity contribution >= 4 is 0 Å². The monoisotopic (exact) mass is 196 g/mol. The molecule has 2 nitrogen and oxygen atoms in total. The van der Waals surface area contributed by atoms with Crippen molar-refractivity contribution in [2.75, 3.05) is 13.2 Å². The summed E-state index contributed by atoms with van der Waals surface area (Å²) in [5.74, 6) is 0. The third-order valence-electron chi connectivity index (χ3n) is 0.408. The summed E-state index contributed by atoms with van der Waals surface area (Å²) in [5.41, 5.74) is 0. The lowest BCUT2D eigenvalue weighted by Crippen LogP contribution is -1.84. The van der Waals surface area contributed by atoms with Gasteiger partial charge in [0.15, 0.2) is 0 Å². The van der Waals surface area contributed by atoms with E-state index in [4.69, 9.17) is 4.74 Å². The molecule has 40 valence electrons. The van der Waals surface area contributed by atoms with Crippen LogP contribution in [0.5, 0.6) is 0 Å². The molecule has 0 fully saturated rings. The predicted octanol–water partition coefficient (Wildman–Crippen LogP) is 0.218. The lowest BCUT2D eigenvalue weighted by atomic mass is 10.8. The van der Waals surface area contributed by atoms with Crippen LogP contribution in [0.2, 0.25) is 0 Å². The van der Waals surface area contributed by atoms with Gasteiger partial charge in [0.2, 0.25) is 0 Å². The molecule has 2 N–H and O–H groups in total. The molecule has 6 heavy (non-hydrogen) atoms. The Hall–Kier alpha value is -0.0800. The van der Waals surface area contributed by atoms with Crippen LogP contribution >= 0.6 is 0 Å². The van der Waals surface area contributed by atoms with Gasteiger partial charge >= 0.3 is 0 Å². The highest BCUT2D eigenvalue weighted by Crippen LogP contribution is 1.64. The molecule has 0 atom stereocenters. The van der Waals surface area contributed by atoms with Crippen LogP contribution in [-0.2, 0) is 4.74 Å². The van der Waals surface area contributed by atoms with E-state index in [1.807, 2.05) is 13.8 Å². The zero-order valence-electron chi connectivity index (χ0n) is 4.32. The van der Waals surface area contributed by atoms with E-state index in [0.717, 1.165) is 13.2 Å². The average molecular weight is 196 g/mol. The highest BCUT2D eigenvalue weighted by molar-refractivity contribution is 4.07. The van der Waals surface area contributed by atoms with Crippen molar-refractivity contribution in [1.29, 1.82) is 0 Å². The molecule has 0 rings (SSSR count). The first kappa shape index (κ1) is 9.33. The zero-order valence-corrected chi connectivity index (χ0v) is 4.32. The highest BCUT2D eigenvalue weighted by Gasteiger charge is 1.64. The molecule has 0 spiro atoms. The molecule has 0 aliphatic rings. The SMILES string of the molecule is CCOCC.[120OH2]. The van der Waals surface area contributed by atoms with Gasteiger partial charge in [-0.15, -0.1) is 0 Å². The minimum Gasteiger partial charge on any atom is -0.412 e. The van der Waals surface area contributed by atoms with Crippen LogP contribution in [0, 0.1) is 0 Å². The van der Waals surface area contributed by atoms with Crippen molar-refractivity contribution in [2.24, 2.45) is 0 Å². The van der Waals surface area contributed by atoms with Gasteiger partial charge in [-0.05, 0) is 13.8 Å². The first-order chi connectivity index (χ1) is 2.41. The zero-order chi connectivity index (χ0) is 4.12. The standard InChI is InChI=1S/C4H10O.H2O/c1-3-5-4-2;/h3-4H2,1-2H3;1H2/i;1+104. The summed E-state index contributed by atoms with van der Waals surface area (Å²) in [6.07, 6.45) is 0. The molecular weight excluding hydrogens is 184 g/mol. The van der Waals surface area contributed by atoms with Gasteiger partial charge in [0.25, 0.3) is 0 Å². The molecule has 0 saturated heterocycles. The number of rotatable bonds is 2. The van der Waals surface area contributed by atoms with E-state index in [1.54, 1.807) is 0 Å². The fourth-order valence-corrected chi connectivity index (χ4v) is 0.204. The fourth-order valence-electron chi connectivity index (χ4n) is 0.204. The van der Waals surface area contributed by atoms with Crippen molar-refractivity contribution in [3.05, 3.63) is 0 Å². The molecule has 0 bridgehead atoms. The Morgan fingerprint density at radius 3 is 1.50 bits per heavy atom. The van der Waals surface area contributed by atoms with Gasteiger partial charge in [0.1, 0.15) is 0 Å². The third kappa shape index (κ3) is 9.07. The molecule has 0 aliphatic heterocycles. The summed E-state index contributed by atoms with van der Waals surface area (Å²) in [6, 6.07) is 0. The summed E-state index contributed by atoms with van der Waals surface area (Å²) in [4.78, 5) is 0. The van der Waals surface area contributed by atoms with Crippen LogP contribution in [0.15, 0.2) is 0 Å². The Labute approximate surface area is 38.4 Å². The Kier molecular flexibility index (Phi) is 13.8. The van der Waals surface area contributed by atoms with E-state index in [-0.39, 0.29) is 5.48 Å². The van der Waals surface area contributed by atoms with Crippen molar-refractivity contribution in [2.45, 2.75) is 13.8 Å². The van der Waals surface area contributed by atoms with Crippen LogP contribution in [0.4, 0.5) is 0 Å². The second-order valence-electron chi connectivity index (χ2n) is 0.781. The Morgan fingerprint density at radius 2 is 1.50 bits per heavy atom. The van der Waals surface area contributed by atoms with E-state index in [1.165, 1.54) is 0 Å². The molecule has 0 aromatic rings. The van der Waals surface area contributed by atoms with Crippen LogP contribution in [-0.4, -0.2) is 18.7 Å². The second kappa shape index (κ2) is 8.87. The van der Waals surface area contributed by atoms with Gasteiger partial charge in [-0.2, -0.15) is 0 Å². The van der Waals surface area contributed by atoms with Crippen molar-refractivity contribution in [3.63, 3.8) is 0 Å². The molecule has 0 saturated carbocycles. The summed E-state index contributed by atoms with van der Waals surface area (Å²) in [7, 11) is 0. The smallest absolute Gasteiger partial charge is 0.0437 e. The predicted molar refractivity (Wildman–Crippen MR) is 25.8 cm³/mol. The normalized spacial score (nSPS) is 7.00. The summed E-state index contributed by atoms with van der Waals surface area (Å²) >= 11 is 0. The van der Waals surface area contributed by atoms with Gasteiger partial charge in [-0.25, -0.2) is 0 Å². The molecule has 0 aromatic carbocycles. The molecule has 0 heterocycles. The summed E-state index contributed by atoms with van der Waals surface area (Å²) < 4.78 is 4.83. The summed E-state index contributed by atoms with van der Waals surface area (Å²) in [5, 5.41) is 0. The van der Waals surface area contributed by atoms with Crippen LogP contribution in [0.3, 0.4) is 0 Å². The van der Waals surface area contributed by atoms with Crippen LogP contribution in [0.1, 0.15) is 13.8 Å². The van der Waals surface area contributed by atoms with Crippen molar-refractivity contribution < 1.29 is 10.2 Å². The number of ether oxygens (including phenoxy) is 1. The number of hydrogen-bond donors (Lipinski definition) is 0. The first-order valence-electron chi connectivity index (χ1n) is 1.99. The lowest BCUT2D eigenvalue weighted by molar-refractivity contribution is 0.162. The van der Waals surface area contributed by atoms with Gasteiger partial charge in [-0.1, -0.05) is 0 Å². The lowest BCUT2D eigenvalue weighted by Gasteiger charge is -1.86. The summed E-state index contributed by atoms with van der Waals surface area (Å²) in [6.45, 7) is 5.67. The largest absolute Gasteiger partial charge is 0.412 e. The van der Waals surface area contributed by atoms with Gasteiger partial charge in [-0.3, -0.25) is 0 Å². The Balaban J connectivity index is 0.